The predicted octanol–water partition coefficient (Wildman–Crippen LogP) is 4.22. The predicted molar refractivity (Wildman–Crippen MR) is 68.7 cm³/mol. The molecule has 0 aliphatic carbocycles. The van der Waals surface area contributed by atoms with E-state index in [1.54, 1.807) is 6.92 Å². The van der Waals surface area contributed by atoms with E-state index in [-0.39, 0.29) is 16.5 Å². The van der Waals surface area contributed by atoms with Gasteiger partial charge in [-0.05, 0) is 37.7 Å². The van der Waals surface area contributed by atoms with Crippen molar-refractivity contribution in [2.24, 2.45) is 0 Å². The van der Waals surface area contributed by atoms with Gasteiger partial charge in [-0.3, -0.25) is 4.79 Å². The fraction of sp³-hybridized carbons (Fsp3) is 0.500. The second kappa shape index (κ2) is 4.98. The summed E-state index contributed by atoms with van der Waals surface area (Å²) in [5, 5.41) is -0.381. The van der Waals surface area contributed by atoms with E-state index in [1.165, 1.54) is 11.8 Å². The number of halogens is 4. The van der Waals surface area contributed by atoms with Gasteiger partial charge in [0.05, 0.1) is 10.3 Å². The number of carbonyl (C=O) groups excluding carboxylic acids is 1. The number of nitrogens with zero attached hydrogens (tertiary/aromatic N) is 1. The monoisotopic (exact) mass is 309 g/mol. The smallest absolute Gasteiger partial charge is 0.292 e. The first-order valence-corrected chi connectivity index (χ1v) is 7.03. The summed E-state index contributed by atoms with van der Waals surface area (Å²) in [6, 6.07) is 1.91. The molecule has 7 heteroatoms. The van der Waals surface area contributed by atoms with Crippen molar-refractivity contribution in [3.8, 4) is 0 Å². The maximum atomic E-state index is 12.5. The number of alkyl halides is 3. The largest absolute Gasteiger partial charge is 0.433 e. The van der Waals surface area contributed by atoms with Crippen LogP contribution in [0.5, 0.6) is 0 Å². The Kier molecular flexibility index (Phi) is 3.84. The fourth-order valence-electron chi connectivity index (χ4n) is 2.00. The molecule has 0 radical (unpaired) electrons. The van der Waals surface area contributed by atoms with Gasteiger partial charge < -0.3 is 0 Å². The van der Waals surface area contributed by atoms with Crippen LogP contribution in [0.2, 0.25) is 5.15 Å². The molecule has 0 aromatic carbocycles. The molecule has 0 amide bonds. The highest BCUT2D eigenvalue weighted by atomic mass is 35.5. The lowest BCUT2D eigenvalue weighted by Gasteiger charge is -2.21. The summed E-state index contributed by atoms with van der Waals surface area (Å²) in [6.07, 6.45) is -2.94. The molecule has 1 unspecified atom stereocenters. The van der Waals surface area contributed by atoms with Crippen LogP contribution < -0.4 is 0 Å². The summed E-state index contributed by atoms with van der Waals surface area (Å²) < 4.78 is 36.8. The van der Waals surface area contributed by atoms with Crippen molar-refractivity contribution in [1.82, 2.24) is 4.98 Å². The van der Waals surface area contributed by atoms with Gasteiger partial charge in [-0.2, -0.15) is 13.2 Å². The van der Waals surface area contributed by atoms with Crippen molar-refractivity contribution in [2.45, 2.75) is 30.7 Å². The average Bonchev–Trinajstić information content (AvgIpc) is 2.75. The molecule has 0 bridgehead atoms. The van der Waals surface area contributed by atoms with E-state index in [1.807, 2.05) is 0 Å². The lowest BCUT2D eigenvalue weighted by Crippen LogP contribution is -2.29. The van der Waals surface area contributed by atoms with Gasteiger partial charge in [-0.25, -0.2) is 4.98 Å². The van der Waals surface area contributed by atoms with Crippen molar-refractivity contribution in [1.29, 1.82) is 0 Å². The van der Waals surface area contributed by atoms with E-state index in [9.17, 15) is 18.0 Å². The van der Waals surface area contributed by atoms with E-state index < -0.39 is 16.6 Å². The summed E-state index contributed by atoms with van der Waals surface area (Å²) in [5.74, 6) is 0.620. The number of rotatable bonds is 2. The van der Waals surface area contributed by atoms with Gasteiger partial charge >= 0.3 is 6.18 Å². The minimum atomic E-state index is -4.56. The second-order valence-electron chi connectivity index (χ2n) is 4.54. The Bertz CT molecular complexity index is 512. The third kappa shape index (κ3) is 2.89. The molecule has 19 heavy (non-hydrogen) atoms. The van der Waals surface area contributed by atoms with E-state index in [4.69, 9.17) is 11.6 Å². The molecule has 0 spiro atoms. The van der Waals surface area contributed by atoms with Crippen molar-refractivity contribution in [3.05, 3.63) is 28.5 Å². The van der Waals surface area contributed by atoms with Crippen LogP contribution in [0, 0.1) is 0 Å². The lowest BCUT2D eigenvalue weighted by atomic mass is 9.95. The molecule has 1 aliphatic rings. The van der Waals surface area contributed by atoms with E-state index in [0.29, 0.717) is 6.42 Å². The lowest BCUT2D eigenvalue weighted by molar-refractivity contribution is -0.141. The number of Topliss-reactive ketones (excluding diaryl/α,β-unsaturated/α-hetero) is 1. The van der Waals surface area contributed by atoms with Crippen molar-refractivity contribution >= 4 is 29.1 Å². The zero-order valence-corrected chi connectivity index (χ0v) is 11.6. The Morgan fingerprint density at radius 2 is 2.16 bits per heavy atom. The summed E-state index contributed by atoms with van der Waals surface area (Å²) in [6.45, 7) is 1.79. The van der Waals surface area contributed by atoms with Crippen LogP contribution >= 0.6 is 23.4 Å². The minimum Gasteiger partial charge on any atom is -0.292 e. The van der Waals surface area contributed by atoms with Gasteiger partial charge in [0.2, 0.25) is 0 Å². The Labute approximate surface area is 117 Å². The normalized spacial score (nSPS) is 23.6. The van der Waals surface area contributed by atoms with E-state index in [0.717, 1.165) is 24.3 Å². The molecule has 2 heterocycles. The fourth-order valence-corrected chi connectivity index (χ4v) is 3.51. The Balaban J connectivity index is 2.34. The maximum Gasteiger partial charge on any atom is 0.433 e. The van der Waals surface area contributed by atoms with Crippen molar-refractivity contribution in [3.63, 3.8) is 0 Å². The molecule has 1 saturated heterocycles. The van der Waals surface area contributed by atoms with Crippen molar-refractivity contribution < 1.29 is 18.0 Å². The van der Waals surface area contributed by atoms with Crippen LogP contribution in [0.15, 0.2) is 12.1 Å². The molecular formula is C12H11ClF3NOS. The SMILES string of the molecule is CC1(C(=O)c2ccc(C(F)(F)F)nc2Cl)CCCS1. The first-order valence-electron chi connectivity index (χ1n) is 5.66. The first kappa shape index (κ1) is 14.7. The number of carbonyl (C=O) groups is 1. The molecule has 2 rings (SSSR count). The molecule has 1 fully saturated rings. The number of hydrogen-bond donors (Lipinski definition) is 0. The van der Waals surface area contributed by atoms with E-state index in [2.05, 4.69) is 4.98 Å². The molecule has 1 aliphatic heterocycles. The Morgan fingerprint density at radius 3 is 2.63 bits per heavy atom. The van der Waals surface area contributed by atoms with Gasteiger partial charge in [-0.15, -0.1) is 11.8 Å². The minimum absolute atomic E-state index is 0.0616. The zero-order chi connectivity index (χ0) is 14.3. The topological polar surface area (TPSA) is 30.0 Å². The number of pyridine rings is 1. The average molecular weight is 310 g/mol. The Hall–Kier alpha value is -0.750. The third-order valence-electron chi connectivity index (χ3n) is 3.08. The van der Waals surface area contributed by atoms with Crippen LogP contribution in [0.1, 0.15) is 35.8 Å². The quantitative estimate of drug-likeness (QED) is 0.605. The van der Waals surface area contributed by atoms with Crippen molar-refractivity contribution in [2.75, 3.05) is 5.75 Å². The molecule has 104 valence electrons. The molecule has 0 saturated carbocycles. The third-order valence-corrected chi connectivity index (χ3v) is 4.89. The van der Waals surface area contributed by atoms with Gasteiger partial charge in [0.1, 0.15) is 10.8 Å². The van der Waals surface area contributed by atoms with Gasteiger partial charge in [-0.1, -0.05) is 11.6 Å². The van der Waals surface area contributed by atoms with E-state index >= 15 is 0 Å². The van der Waals surface area contributed by atoms with Crippen LogP contribution in [0.25, 0.3) is 0 Å². The summed E-state index contributed by atoms with van der Waals surface area (Å²) in [4.78, 5) is 15.6. The van der Waals surface area contributed by atoms with Crippen LogP contribution in [0.3, 0.4) is 0 Å². The molecule has 0 N–H and O–H groups in total. The number of ketones is 1. The highest BCUT2D eigenvalue weighted by Crippen LogP contribution is 2.41. The molecule has 2 nitrogen and oxygen atoms in total. The number of thioether (sulfide) groups is 1. The standard InChI is InChI=1S/C12H11ClF3NOS/c1-11(5-2-6-19-11)9(18)7-3-4-8(12(14,15)16)17-10(7)13/h3-4H,2,5-6H2,1H3. The number of aromatic nitrogens is 1. The second-order valence-corrected chi connectivity index (χ2v) is 6.50. The zero-order valence-electron chi connectivity index (χ0n) is 10.1. The summed E-state index contributed by atoms with van der Waals surface area (Å²) in [7, 11) is 0. The van der Waals surface area contributed by atoms with Crippen LogP contribution in [0.4, 0.5) is 13.2 Å². The first-order chi connectivity index (χ1) is 8.74. The van der Waals surface area contributed by atoms with Gasteiger partial charge in [0.15, 0.2) is 5.78 Å². The van der Waals surface area contributed by atoms with Crippen LogP contribution in [-0.2, 0) is 6.18 Å². The highest BCUT2D eigenvalue weighted by molar-refractivity contribution is 8.01. The Morgan fingerprint density at radius 1 is 1.47 bits per heavy atom. The van der Waals surface area contributed by atoms with Crippen LogP contribution in [-0.4, -0.2) is 21.3 Å². The number of hydrogen-bond acceptors (Lipinski definition) is 3. The molecule has 1 aromatic rings. The highest BCUT2D eigenvalue weighted by Gasteiger charge is 2.40. The maximum absolute atomic E-state index is 12.5. The summed E-state index contributed by atoms with van der Waals surface area (Å²) in [5.41, 5.74) is -1.02. The van der Waals surface area contributed by atoms with Gasteiger partial charge in [0.25, 0.3) is 0 Å². The van der Waals surface area contributed by atoms with Gasteiger partial charge in [0, 0.05) is 0 Å². The summed E-state index contributed by atoms with van der Waals surface area (Å²) >= 11 is 7.24. The molecular weight excluding hydrogens is 299 g/mol. The molecule has 1 atom stereocenters. The molecule has 1 aromatic heterocycles.